The molecule has 7 heteroatoms. The van der Waals surface area contributed by atoms with Crippen LogP contribution in [0.3, 0.4) is 0 Å². The molecule has 0 fully saturated rings. The first-order chi connectivity index (χ1) is 8.90. The Morgan fingerprint density at radius 1 is 1.37 bits per heavy atom. The van der Waals surface area contributed by atoms with Crippen LogP contribution < -0.4 is 22.3 Å². The van der Waals surface area contributed by atoms with Crippen molar-refractivity contribution < 1.29 is 5.11 Å². The van der Waals surface area contributed by atoms with Crippen molar-refractivity contribution in [2.75, 3.05) is 24.2 Å². The number of aliphatic hydroxyl groups excluding tert-OH is 1. The smallest absolute Gasteiger partial charge is 0.332 e. The van der Waals surface area contributed by atoms with Crippen LogP contribution in [0.25, 0.3) is 0 Å². The van der Waals surface area contributed by atoms with Crippen molar-refractivity contribution in [1.29, 1.82) is 0 Å². The maximum absolute atomic E-state index is 12.0. The van der Waals surface area contributed by atoms with Gasteiger partial charge in [0.05, 0.1) is 0 Å². The van der Waals surface area contributed by atoms with E-state index >= 15 is 0 Å². The molecule has 108 valence electrons. The van der Waals surface area contributed by atoms with Crippen LogP contribution in [0.2, 0.25) is 0 Å². The molecule has 0 aliphatic heterocycles. The third kappa shape index (κ3) is 3.37. The Bertz CT molecular complexity index is 545. The van der Waals surface area contributed by atoms with Crippen molar-refractivity contribution in [3.05, 3.63) is 20.8 Å². The maximum Gasteiger partial charge on any atom is 0.332 e. The third-order valence-electron chi connectivity index (χ3n) is 2.77. The quantitative estimate of drug-likeness (QED) is 0.609. The standard InChI is InChI=1S/C12H22N4O3/c1-8(2)7-16-10(13)9(14-5-4-6-17)11(18)15(3)12(16)19/h8,14,17H,4-7,13H2,1-3H3. The van der Waals surface area contributed by atoms with E-state index in [1.165, 1.54) is 11.6 Å². The highest BCUT2D eigenvalue weighted by Gasteiger charge is 2.15. The Labute approximate surface area is 111 Å². The van der Waals surface area contributed by atoms with E-state index in [1.54, 1.807) is 0 Å². The van der Waals surface area contributed by atoms with Gasteiger partial charge in [-0.25, -0.2) is 4.79 Å². The number of nitrogens with one attached hydrogen (secondary N) is 1. The van der Waals surface area contributed by atoms with E-state index in [0.717, 1.165) is 4.57 Å². The van der Waals surface area contributed by atoms with Gasteiger partial charge in [-0.15, -0.1) is 0 Å². The number of aliphatic hydroxyl groups is 1. The van der Waals surface area contributed by atoms with Gasteiger partial charge >= 0.3 is 5.69 Å². The molecule has 7 nitrogen and oxygen atoms in total. The first kappa shape index (κ1) is 15.3. The number of hydrogen-bond donors (Lipinski definition) is 3. The van der Waals surface area contributed by atoms with E-state index in [-0.39, 0.29) is 24.0 Å². The lowest BCUT2D eigenvalue weighted by molar-refractivity contribution is 0.292. The van der Waals surface area contributed by atoms with E-state index in [9.17, 15) is 9.59 Å². The fraction of sp³-hybridized carbons (Fsp3) is 0.667. The SMILES string of the molecule is CC(C)Cn1c(N)c(NCCCO)c(=O)n(C)c1=O. The molecule has 0 amide bonds. The monoisotopic (exact) mass is 270 g/mol. The van der Waals surface area contributed by atoms with Crippen LogP contribution in [-0.2, 0) is 13.6 Å². The molecule has 0 saturated heterocycles. The highest BCUT2D eigenvalue weighted by molar-refractivity contribution is 5.60. The molecule has 0 unspecified atom stereocenters. The molecule has 1 rings (SSSR count). The number of nitrogens with two attached hydrogens (primary N) is 1. The Kier molecular flexibility index (Phi) is 5.17. The first-order valence-corrected chi connectivity index (χ1v) is 6.34. The minimum atomic E-state index is -0.444. The molecule has 0 saturated carbocycles. The van der Waals surface area contributed by atoms with Gasteiger partial charge in [0, 0.05) is 26.7 Å². The summed E-state index contributed by atoms with van der Waals surface area (Å²) in [6.45, 7) is 4.84. The molecule has 0 spiro atoms. The average Bonchev–Trinajstić information content (AvgIpc) is 2.36. The van der Waals surface area contributed by atoms with E-state index in [4.69, 9.17) is 10.8 Å². The lowest BCUT2D eigenvalue weighted by Gasteiger charge is -2.17. The Morgan fingerprint density at radius 2 is 2.00 bits per heavy atom. The van der Waals surface area contributed by atoms with Crippen LogP contribution in [0.15, 0.2) is 9.59 Å². The second-order valence-corrected chi connectivity index (χ2v) is 4.92. The lowest BCUT2D eigenvalue weighted by Crippen LogP contribution is -2.41. The summed E-state index contributed by atoms with van der Waals surface area (Å²) in [6.07, 6.45) is 0.506. The van der Waals surface area contributed by atoms with Gasteiger partial charge in [0.2, 0.25) is 0 Å². The van der Waals surface area contributed by atoms with Crippen LogP contribution >= 0.6 is 0 Å². The van der Waals surface area contributed by atoms with Gasteiger partial charge in [0.1, 0.15) is 11.5 Å². The summed E-state index contributed by atoms with van der Waals surface area (Å²) in [5.74, 6) is 0.391. The first-order valence-electron chi connectivity index (χ1n) is 6.34. The Morgan fingerprint density at radius 3 is 2.53 bits per heavy atom. The Balaban J connectivity index is 3.27. The molecule has 0 atom stereocenters. The summed E-state index contributed by atoms with van der Waals surface area (Å²) in [6, 6.07) is 0. The van der Waals surface area contributed by atoms with Gasteiger partial charge in [-0.1, -0.05) is 13.8 Å². The van der Waals surface area contributed by atoms with Crippen LogP contribution in [-0.4, -0.2) is 27.4 Å². The number of nitrogen functional groups attached to an aromatic ring is 1. The van der Waals surface area contributed by atoms with Crippen molar-refractivity contribution in [3.63, 3.8) is 0 Å². The van der Waals surface area contributed by atoms with Crippen LogP contribution in [0.1, 0.15) is 20.3 Å². The number of nitrogens with zero attached hydrogens (tertiary/aromatic N) is 2. The molecule has 0 aliphatic carbocycles. The zero-order valence-electron chi connectivity index (χ0n) is 11.6. The van der Waals surface area contributed by atoms with Gasteiger partial charge in [0.15, 0.2) is 0 Å². The van der Waals surface area contributed by atoms with Crippen molar-refractivity contribution >= 4 is 11.5 Å². The molecule has 0 aliphatic rings. The van der Waals surface area contributed by atoms with E-state index < -0.39 is 11.2 Å². The fourth-order valence-electron chi connectivity index (χ4n) is 1.78. The topological polar surface area (TPSA) is 102 Å². The maximum atomic E-state index is 12.0. The number of aromatic nitrogens is 2. The summed E-state index contributed by atoms with van der Waals surface area (Å²) in [7, 11) is 1.43. The zero-order chi connectivity index (χ0) is 14.6. The Hall–Kier alpha value is -1.76. The largest absolute Gasteiger partial charge is 0.396 e. The minimum absolute atomic E-state index is 0.0266. The molecule has 19 heavy (non-hydrogen) atoms. The average molecular weight is 270 g/mol. The highest BCUT2D eigenvalue weighted by atomic mass is 16.3. The zero-order valence-corrected chi connectivity index (χ0v) is 11.6. The number of rotatable bonds is 6. The van der Waals surface area contributed by atoms with Crippen molar-refractivity contribution in [2.24, 2.45) is 13.0 Å². The molecule has 0 bridgehead atoms. The number of anilines is 2. The molecule has 0 radical (unpaired) electrons. The van der Waals surface area contributed by atoms with Gasteiger partial charge < -0.3 is 16.2 Å². The van der Waals surface area contributed by atoms with Crippen molar-refractivity contribution in [3.8, 4) is 0 Å². The van der Waals surface area contributed by atoms with Gasteiger partial charge in [-0.3, -0.25) is 13.9 Å². The molecule has 1 aromatic rings. The number of hydrogen-bond acceptors (Lipinski definition) is 5. The van der Waals surface area contributed by atoms with Gasteiger partial charge in [0.25, 0.3) is 5.56 Å². The third-order valence-corrected chi connectivity index (χ3v) is 2.77. The van der Waals surface area contributed by atoms with Crippen molar-refractivity contribution in [1.82, 2.24) is 9.13 Å². The van der Waals surface area contributed by atoms with E-state index in [2.05, 4.69) is 5.32 Å². The van der Waals surface area contributed by atoms with Crippen molar-refractivity contribution in [2.45, 2.75) is 26.8 Å². The predicted octanol–water partition coefficient (Wildman–Crippen LogP) is -0.420. The van der Waals surface area contributed by atoms with Crippen LogP contribution in [0.5, 0.6) is 0 Å². The lowest BCUT2D eigenvalue weighted by atomic mass is 10.2. The molecule has 1 aromatic heterocycles. The highest BCUT2D eigenvalue weighted by Crippen LogP contribution is 2.12. The minimum Gasteiger partial charge on any atom is -0.396 e. The predicted molar refractivity (Wildman–Crippen MR) is 75.4 cm³/mol. The second kappa shape index (κ2) is 6.42. The van der Waals surface area contributed by atoms with Gasteiger partial charge in [-0.05, 0) is 12.3 Å². The summed E-state index contributed by atoms with van der Waals surface area (Å²) < 4.78 is 2.44. The fourth-order valence-corrected chi connectivity index (χ4v) is 1.78. The molecular weight excluding hydrogens is 248 g/mol. The summed E-state index contributed by atoms with van der Waals surface area (Å²) >= 11 is 0. The molecular formula is C12H22N4O3. The molecule has 1 heterocycles. The van der Waals surface area contributed by atoms with E-state index in [0.29, 0.717) is 19.5 Å². The second-order valence-electron chi connectivity index (χ2n) is 4.92. The van der Waals surface area contributed by atoms with E-state index in [1.807, 2.05) is 13.8 Å². The van der Waals surface area contributed by atoms with Crippen LogP contribution in [0.4, 0.5) is 11.5 Å². The molecule has 0 aromatic carbocycles. The van der Waals surface area contributed by atoms with Crippen LogP contribution in [0, 0.1) is 5.92 Å². The summed E-state index contributed by atoms with van der Waals surface area (Å²) in [5, 5.41) is 11.6. The normalized spacial score (nSPS) is 11.0. The van der Waals surface area contributed by atoms with Gasteiger partial charge in [-0.2, -0.15) is 0 Å². The molecule has 4 N–H and O–H groups in total. The summed E-state index contributed by atoms with van der Waals surface area (Å²) in [4.78, 5) is 24.0. The summed E-state index contributed by atoms with van der Waals surface area (Å²) in [5.41, 5.74) is 5.27.